The fourth-order valence-corrected chi connectivity index (χ4v) is 2.74. The van der Waals surface area contributed by atoms with E-state index in [1.54, 1.807) is 6.07 Å². The van der Waals surface area contributed by atoms with Crippen LogP contribution in [-0.4, -0.2) is 33.6 Å². The van der Waals surface area contributed by atoms with Gasteiger partial charge in [0.2, 0.25) is 10.0 Å². The molecule has 1 aromatic rings. The zero-order valence-electron chi connectivity index (χ0n) is 10.3. The zero-order chi connectivity index (χ0) is 13.9. The summed E-state index contributed by atoms with van der Waals surface area (Å²) in [5, 5.41) is 7.75. The van der Waals surface area contributed by atoms with E-state index in [1.165, 1.54) is 18.2 Å². The van der Waals surface area contributed by atoms with Crippen molar-refractivity contribution >= 4 is 15.9 Å². The van der Waals surface area contributed by atoms with Gasteiger partial charge in [-0.1, -0.05) is 12.1 Å². The number of hydrogen-bond acceptors (Lipinski definition) is 4. The van der Waals surface area contributed by atoms with Crippen molar-refractivity contribution in [2.75, 3.05) is 13.2 Å². The highest BCUT2D eigenvalue weighted by molar-refractivity contribution is 7.89. The Kier molecular flexibility index (Phi) is 4.18. The van der Waals surface area contributed by atoms with Crippen molar-refractivity contribution in [1.82, 2.24) is 5.32 Å². The maximum atomic E-state index is 12.0. The van der Waals surface area contributed by atoms with Crippen LogP contribution in [0, 0.1) is 0 Å². The van der Waals surface area contributed by atoms with Crippen LogP contribution in [0.3, 0.4) is 0 Å². The zero-order valence-corrected chi connectivity index (χ0v) is 11.2. The Balaban J connectivity index is 2.10. The Morgan fingerprint density at radius 2 is 2.16 bits per heavy atom. The SMILES string of the molecule is NS(=O)(=O)c1ccccc1C(=O)NC[C@@H]1CCCO1. The van der Waals surface area contributed by atoms with Crippen LogP contribution in [-0.2, 0) is 14.8 Å². The van der Waals surface area contributed by atoms with Gasteiger partial charge in [-0.15, -0.1) is 0 Å². The number of nitrogens with one attached hydrogen (secondary N) is 1. The van der Waals surface area contributed by atoms with Gasteiger partial charge in [0.1, 0.15) is 0 Å². The lowest BCUT2D eigenvalue weighted by Crippen LogP contribution is -2.33. The smallest absolute Gasteiger partial charge is 0.252 e. The van der Waals surface area contributed by atoms with Crippen LogP contribution < -0.4 is 10.5 Å². The van der Waals surface area contributed by atoms with Crippen LogP contribution >= 0.6 is 0 Å². The van der Waals surface area contributed by atoms with E-state index in [-0.39, 0.29) is 16.6 Å². The minimum absolute atomic E-state index is 0.00518. The van der Waals surface area contributed by atoms with Crippen LogP contribution in [0.5, 0.6) is 0 Å². The average Bonchev–Trinajstić information content (AvgIpc) is 2.88. The molecule has 1 aromatic carbocycles. The number of hydrogen-bond donors (Lipinski definition) is 2. The van der Waals surface area contributed by atoms with E-state index >= 15 is 0 Å². The third-order valence-electron chi connectivity index (χ3n) is 2.95. The Bertz CT molecular complexity index is 565. The van der Waals surface area contributed by atoms with Crippen LogP contribution in [0.4, 0.5) is 0 Å². The summed E-state index contributed by atoms with van der Waals surface area (Å²) in [4.78, 5) is 11.8. The number of rotatable bonds is 4. The molecule has 0 bridgehead atoms. The second kappa shape index (κ2) is 5.68. The molecule has 1 amide bonds. The van der Waals surface area contributed by atoms with E-state index in [0.717, 1.165) is 12.8 Å². The van der Waals surface area contributed by atoms with Gasteiger partial charge < -0.3 is 10.1 Å². The molecule has 19 heavy (non-hydrogen) atoms. The van der Waals surface area contributed by atoms with Crippen LogP contribution in [0.1, 0.15) is 23.2 Å². The highest BCUT2D eigenvalue weighted by Gasteiger charge is 2.20. The number of carbonyl (C=O) groups excluding carboxylic acids is 1. The molecule has 2 rings (SSSR count). The molecule has 0 unspecified atom stereocenters. The molecule has 1 heterocycles. The second-order valence-electron chi connectivity index (χ2n) is 4.39. The van der Waals surface area contributed by atoms with E-state index in [9.17, 15) is 13.2 Å². The molecule has 6 nitrogen and oxygen atoms in total. The first-order valence-electron chi connectivity index (χ1n) is 6.00. The van der Waals surface area contributed by atoms with Crippen molar-refractivity contribution in [1.29, 1.82) is 0 Å². The topological polar surface area (TPSA) is 98.5 Å². The van der Waals surface area contributed by atoms with Crippen LogP contribution in [0.25, 0.3) is 0 Å². The van der Waals surface area contributed by atoms with Gasteiger partial charge in [-0.2, -0.15) is 0 Å². The number of carbonyl (C=O) groups is 1. The number of nitrogens with two attached hydrogens (primary N) is 1. The number of benzene rings is 1. The van der Waals surface area contributed by atoms with Gasteiger partial charge in [0.25, 0.3) is 5.91 Å². The second-order valence-corrected chi connectivity index (χ2v) is 5.92. The summed E-state index contributed by atoms with van der Waals surface area (Å²) in [7, 11) is -3.91. The normalized spacial score (nSPS) is 19.3. The summed E-state index contributed by atoms with van der Waals surface area (Å²) in [6.07, 6.45) is 1.89. The molecule has 1 saturated heterocycles. The Morgan fingerprint density at radius 3 is 2.79 bits per heavy atom. The molecule has 0 aromatic heterocycles. The van der Waals surface area contributed by atoms with Crippen LogP contribution in [0.2, 0.25) is 0 Å². The predicted octanol–water partition coefficient (Wildman–Crippen LogP) is 0.243. The largest absolute Gasteiger partial charge is 0.376 e. The molecule has 1 aliphatic heterocycles. The number of ether oxygens (including phenoxy) is 1. The molecule has 3 N–H and O–H groups in total. The number of amides is 1. The highest BCUT2D eigenvalue weighted by Crippen LogP contribution is 2.14. The van der Waals surface area contributed by atoms with Gasteiger partial charge in [-0.25, -0.2) is 13.6 Å². The average molecular weight is 284 g/mol. The fraction of sp³-hybridized carbons (Fsp3) is 0.417. The number of primary sulfonamides is 1. The quantitative estimate of drug-likeness (QED) is 0.827. The summed E-state index contributed by atoms with van der Waals surface area (Å²) in [5.41, 5.74) is 0.0583. The van der Waals surface area contributed by atoms with E-state index in [1.807, 2.05) is 0 Å². The molecule has 1 aliphatic rings. The van der Waals surface area contributed by atoms with Gasteiger partial charge in [-0.3, -0.25) is 4.79 Å². The van der Waals surface area contributed by atoms with Gasteiger partial charge in [0, 0.05) is 13.2 Å². The third kappa shape index (κ3) is 3.52. The van der Waals surface area contributed by atoms with Crippen LogP contribution in [0.15, 0.2) is 29.2 Å². The molecule has 0 spiro atoms. The highest BCUT2D eigenvalue weighted by atomic mass is 32.2. The van der Waals surface area contributed by atoms with Crippen molar-refractivity contribution < 1.29 is 17.9 Å². The van der Waals surface area contributed by atoms with Gasteiger partial charge in [0.15, 0.2) is 0 Å². The van der Waals surface area contributed by atoms with E-state index < -0.39 is 15.9 Å². The third-order valence-corrected chi connectivity index (χ3v) is 3.92. The van der Waals surface area contributed by atoms with Crippen molar-refractivity contribution in [3.63, 3.8) is 0 Å². The molecule has 0 radical (unpaired) electrons. The van der Waals surface area contributed by atoms with Crippen molar-refractivity contribution in [3.8, 4) is 0 Å². The minimum Gasteiger partial charge on any atom is -0.376 e. The lowest BCUT2D eigenvalue weighted by atomic mass is 10.2. The van der Waals surface area contributed by atoms with Crippen molar-refractivity contribution in [2.45, 2.75) is 23.8 Å². The summed E-state index contributed by atoms with van der Waals surface area (Å²) in [6, 6.07) is 5.87. The lowest BCUT2D eigenvalue weighted by molar-refractivity contribution is 0.0855. The molecule has 1 fully saturated rings. The standard InChI is InChI=1S/C12H16N2O4S/c13-19(16,17)11-6-2-1-5-10(11)12(15)14-8-9-4-3-7-18-9/h1-2,5-6,9H,3-4,7-8H2,(H,14,15)(H2,13,16,17)/t9-/m0/s1. The fourth-order valence-electron chi connectivity index (χ4n) is 2.01. The van der Waals surface area contributed by atoms with E-state index in [2.05, 4.69) is 5.32 Å². The van der Waals surface area contributed by atoms with Crippen molar-refractivity contribution in [2.24, 2.45) is 5.14 Å². The summed E-state index contributed by atoms with van der Waals surface area (Å²) in [6.45, 7) is 1.08. The molecule has 104 valence electrons. The van der Waals surface area contributed by atoms with Gasteiger partial charge in [-0.05, 0) is 25.0 Å². The first-order chi connectivity index (χ1) is 8.98. The first kappa shape index (κ1) is 14.0. The Labute approximate surface area is 112 Å². The predicted molar refractivity (Wildman–Crippen MR) is 69.1 cm³/mol. The molecule has 1 atom stereocenters. The van der Waals surface area contributed by atoms with Gasteiger partial charge >= 0.3 is 0 Å². The monoisotopic (exact) mass is 284 g/mol. The lowest BCUT2D eigenvalue weighted by Gasteiger charge is -2.12. The summed E-state index contributed by atoms with van der Waals surface area (Å²) in [5.74, 6) is -0.458. The summed E-state index contributed by atoms with van der Waals surface area (Å²) >= 11 is 0. The summed E-state index contributed by atoms with van der Waals surface area (Å²) < 4.78 is 28.2. The molecule has 0 aliphatic carbocycles. The maximum absolute atomic E-state index is 12.0. The molecule has 7 heteroatoms. The maximum Gasteiger partial charge on any atom is 0.252 e. The Morgan fingerprint density at radius 1 is 1.42 bits per heavy atom. The number of sulfonamides is 1. The van der Waals surface area contributed by atoms with Gasteiger partial charge in [0.05, 0.1) is 16.6 Å². The van der Waals surface area contributed by atoms with Crippen molar-refractivity contribution in [3.05, 3.63) is 29.8 Å². The minimum atomic E-state index is -3.91. The molecular formula is C12H16N2O4S. The van der Waals surface area contributed by atoms with E-state index in [4.69, 9.17) is 9.88 Å². The van der Waals surface area contributed by atoms with E-state index in [0.29, 0.717) is 13.2 Å². The molecular weight excluding hydrogens is 268 g/mol. The first-order valence-corrected chi connectivity index (χ1v) is 7.55. The molecule has 0 saturated carbocycles. The Hall–Kier alpha value is -1.44.